The monoisotopic (exact) mass is 565 g/mol. The Bertz CT molecular complexity index is 1470. The molecule has 1 aliphatic carbocycles. The van der Waals surface area contributed by atoms with Crippen LogP contribution in [0, 0.1) is 0 Å². The van der Waals surface area contributed by atoms with Crippen LogP contribution in [0.5, 0.6) is 5.75 Å². The number of fused-ring (bicyclic) bond motifs is 1. The molecule has 202 valence electrons. The first-order valence-corrected chi connectivity index (χ1v) is 14.0. The van der Waals surface area contributed by atoms with E-state index in [2.05, 4.69) is 25.7 Å². The van der Waals surface area contributed by atoms with E-state index in [4.69, 9.17) is 10.5 Å². The van der Waals surface area contributed by atoms with E-state index in [0.717, 1.165) is 35.3 Å². The number of anilines is 2. The van der Waals surface area contributed by atoms with Crippen molar-refractivity contribution in [1.82, 2.24) is 19.7 Å². The predicted octanol–water partition coefficient (Wildman–Crippen LogP) is 3.16. The fourth-order valence-electron chi connectivity index (χ4n) is 4.31. The average molecular weight is 566 g/mol. The normalized spacial score (nSPS) is 13.1. The van der Waals surface area contributed by atoms with Crippen LogP contribution in [0.3, 0.4) is 0 Å². The Morgan fingerprint density at radius 1 is 1.21 bits per heavy atom. The van der Waals surface area contributed by atoms with E-state index < -0.39 is 12.1 Å². The molecule has 4 aromatic rings. The number of aromatic nitrogens is 4. The van der Waals surface area contributed by atoms with Gasteiger partial charge in [-0.25, -0.2) is 9.67 Å². The number of carbonyl (C=O) groups excluding carboxylic acids is 2. The molecule has 0 fully saturated rings. The van der Waals surface area contributed by atoms with Gasteiger partial charge in [0.15, 0.2) is 11.0 Å². The zero-order chi connectivity index (χ0) is 27.4. The zero-order valence-corrected chi connectivity index (χ0v) is 22.7. The summed E-state index contributed by atoms with van der Waals surface area (Å²) in [5, 5.41) is 22.4. The number of benzene rings is 1. The second-order valence-electron chi connectivity index (χ2n) is 8.79. The van der Waals surface area contributed by atoms with Crippen molar-refractivity contribution in [3.63, 3.8) is 0 Å². The molecule has 13 heteroatoms. The lowest BCUT2D eigenvalue weighted by Gasteiger charge is -2.15. The number of aryl methyl sites for hydroxylation is 1. The largest absolute Gasteiger partial charge is 0.497 e. The average Bonchev–Trinajstić information content (AvgIpc) is 3.63. The lowest BCUT2D eigenvalue weighted by atomic mass is 10.1. The van der Waals surface area contributed by atoms with E-state index >= 15 is 0 Å². The number of pyridine rings is 1. The fraction of sp³-hybridized carbons (Fsp3) is 0.269. The summed E-state index contributed by atoms with van der Waals surface area (Å²) in [5.41, 5.74) is 8.48. The zero-order valence-electron chi connectivity index (χ0n) is 21.1. The first kappa shape index (κ1) is 26.7. The summed E-state index contributed by atoms with van der Waals surface area (Å²) < 4.78 is 6.69. The highest BCUT2D eigenvalue weighted by Gasteiger charge is 2.26. The second-order valence-corrected chi connectivity index (χ2v) is 10.8. The number of methoxy groups -OCH3 is 1. The number of amides is 2. The molecular weight excluding hydrogens is 538 g/mol. The van der Waals surface area contributed by atoms with Crippen molar-refractivity contribution in [2.24, 2.45) is 5.73 Å². The van der Waals surface area contributed by atoms with Crippen molar-refractivity contribution >= 4 is 45.6 Å². The van der Waals surface area contributed by atoms with Gasteiger partial charge < -0.3 is 26.2 Å². The van der Waals surface area contributed by atoms with Crippen molar-refractivity contribution in [3.05, 3.63) is 64.8 Å². The molecule has 3 heterocycles. The maximum absolute atomic E-state index is 12.6. The van der Waals surface area contributed by atoms with Gasteiger partial charge in [0.1, 0.15) is 17.0 Å². The quantitative estimate of drug-likeness (QED) is 0.158. The molecule has 2 amide bonds. The Kier molecular flexibility index (Phi) is 8.10. The van der Waals surface area contributed by atoms with Crippen LogP contribution < -0.4 is 21.1 Å². The topological polar surface area (TPSA) is 157 Å². The third-order valence-electron chi connectivity index (χ3n) is 6.09. The van der Waals surface area contributed by atoms with Crippen LogP contribution in [-0.4, -0.2) is 55.8 Å². The number of nitrogens with zero attached hydrogens (tertiary/aromatic N) is 4. The van der Waals surface area contributed by atoms with Crippen molar-refractivity contribution in [2.45, 2.75) is 37.2 Å². The molecule has 0 aliphatic heterocycles. The van der Waals surface area contributed by atoms with E-state index in [1.54, 1.807) is 60.6 Å². The number of rotatable bonds is 11. The number of hydrogen-bond acceptors (Lipinski definition) is 10. The molecule has 3 aromatic heterocycles. The Hall–Kier alpha value is -3.94. The first-order chi connectivity index (χ1) is 18.9. The molecule has 39 heavy (non-hydrogen) atoms. The molecule has 0 radical (unpaired) electrons. The number of nitrogens with one attached hydrogen (secondary N) is 2. The summed E-state index contributed by atoms with van der Waals surface area (Å²) >= 11 is 2.65. The molecule has 1 atom stereocenters. The smallest absolute Gasteiger partial charge is 0.251 e. The Balaban J connectivity index is 1.31. The molecule has 0 saturated carbocycles. The summed E-state index contributed by atoms with van der Waals surface area (Å²) in [7, 11) is 1.58. The van der Waals surface area contributed by atoms with Crippen LogP contribution in [0.25, 0.3) is 11.4 Å². The van der Waals surface area contributed by atoms with Crippen LogP contribution in [0.1, 0.15) is 27.2 Å². The van der Waals surface area contributed by atoms with Crippen LogP contribution in [0.2, 0.25) is 0 Å². The molecule has 1 unspecified atom stereocenters. The summed E-state index contributed by atoms with van der Waals surface area (Å²) in [6, 6.07) is 10.6. The summed E-state index contributed by atoms with van der Waals surface area (Å²) in [6.45, 7) is 0.0291. The minimum absolute atomic E-state index is 0.0291. The standard InChI is InChI=1S/C26H27N7O4S2/c1-37-17-7-5-16(6-8-17)29-21(35)14-38-26-31-24(15-9-11-28-12-10-15)32-33(26)13-20(34)30-25-22(23(27)36)18-3-2-4-19(18)39-25/h5-12,20,30,34H,2-4,13-14H2,1H3,(H2,27,36)(H,29,35). The molecule has 1 aromatic carbocycles. The van der Waals surface area contributed by atoms with Crippen molar-refractivity contribution in [1.29, 1.82) is 0 Å². The number of aliphatic hydroxyl groups excluding tert-OH is 1. The van der Waals surface area contributed by atoms with Gasteiger partial charge in [-0.15, -0.1) is 16.4 Å². The van der Waals surface area contributed by atoms with E-state index in [1.807, 2.05) is 0 Å². The highest BCUT2D eigenvalue weighted by atomic mass is 32.2. The molecule has 5 rings (SSSR count). The number of carbonyl (C=O) groups is 2. The molecular formula is C26H27N7O4S2. The molecule has 0 spiro atoms. The highest BCUT2D eigenvalue weighted by Crippen LogP contribution is 2.39. The fourth-order valence-corrected chi connectivity index (χ4v) is 6.39. The molecule has 11 nitrogen and oxygen atoms in total. The van der Waals surface area contributed by atoms with Gasteiger partial charge >= 0.3 is 0 Å². The van der Waals surface area contributed by atoms with Gasteiger partial charge in [0, 0.05) is 28.5 Å². The third-order valence-corrected chi connectivity index (χ3v) is 8.28. The van der Waals surface area contributed by atoms with E-state index in [9.17, 15) is 14.7 Å². The number of thioether (sulfide) groups is 1. The number of ether oxygens (including phenoxy) is 1. The van der Waals surface area contributed by atoms with Crippen molar-refractivity contribution in [2.75, 3.05) is 23.5 Å². The summed E-state index contributed by atoms with van der Waals surface area (Å²) in [4.78, 5) is 34.5. The van der Waals surface area contributed by atoms with Gasteiger partial charge in [-0.1, -0.05) is 11.8 Å². The molecule has 0 bridgehead atoms. The minimum Gasteiger partial charge on any atom is -0.497 e. The number of primary amides is 1. The van der Waals surface area contributed by atoms with Crippen LogP contribution in [-0.2, 0) is 24.2 Å². The maximum Gasteiger partial charge on any atom is 0.251 e. The van der Waals surface area contributed by atoms with Crippen LogP contribution in [0.15, 0.2) is 53.9 Å². The minimum atomic E-state index is -1.08. The Labute approximate surface area is 232 Å². The van der Waals surface area contributed by atoms with Gasteiger partial charge in [0.25, 0.3) is 5.91 Å². The van der Waals surface area contributed by atoms with Gasteiger partial charge in [-0.3, -0.25) is 14.6 Å². The third kappa shape index (κ3) is 6.21. The van der Waals surface area contributed by atoms with Crippen molar-refractivity contribution < 1.29 is 19.4 Å². The van der Waals surface area contributed by atoms with E-state index in [0.29, 0.717) is 33.0 Å². The SMILES string of the molecule is COc1ccc(NC(=O)CSc2nc(-c3ccncc3)nn2CC(O)Nc2sc3c(c2C(N)=O)CCC3)cc1. The molecule has 5 N–H and O–H groups in total. The molecule has 0 saturated heterocycles. The predicted molar refractivity (Wildman–Crippen MR) is 150 cm³/mol. The van der Waals surface area contributed by atoms with Crippen molar-refractivity contribution in [3.8, 4) is 17.1 Å². The Morgan fingerprint density at radius 3 is 2.69 bits per heavy atom. The van der Waals surface area contributed by atoms with E-state index in [1.165, 1.54) is 23.1 Å². The van der Waals surface area contributed by atoms with Gasteiger partial charge in [0.2, 0.25) is 5.91 Å². The lowest BCUT2D eigenvalue weighted by molar-refractivity contribution is -0.113. The number of thiophene rings is 1. The van der Waals surface area contributed by atoms with Crippen LogP contribution >= 0.6 is 23.1 Å². The Morgan fingerprint density at radius 2 is 1.97 bits per heavy atom. The molecule has 1 aliphatic rings. The van der Waals surface area contributed by atoms with Gasteiger partial charge in [-0.2, -0.15) is 0 Å². The number of nitrogens with two attached hydrogens (primary N) is 1. The maximum atomic E-state index is 12.6. The number of hydrogen-bond donors (Lipinski definition) is 4. The lowest BCUT2D eigenvalue weighted by Crippen LogP contribution is -2.27. The summed E-state index contributed by atoms with van der Waals surface area (Å²) in [6.07, 6.45) is 4.90. The first-order valence-electron chi connectivity index (χ1n) is 12.2. The van der Waals surface area contributed by atoms with Gasteiger partial charge in [-0.05, 0) is 61.2 Å². The highest BCUT2D eigenvalue weighted by molar-refractivity contribution is 7.99. The second kappa shape index (κ2) is 11.8. The van der Waals surface area contributed by atoms with Gasteiger partial charge in [0.05, 0.1) is 25.0 Å². The summed E-state index contributed by atoms with van der Waals surface area (Å²) in [5.74, 6) is 0.483. The number of aliphatic hydroxyl groups is 1. The van der Waals surface area contributed by atoms with E-state index in [-0.39, 0.29) is 18.2 Å². The van der Waals surface area contributed by atoms with Crippen LogP contribution in [0.4, 0.5) is 10.7 Å².